The molecular formula is C13H23N3OS. The lowest BCUT2D eigenvalue weighted by Crippen LogP contribution is -2.26. The third-order valence-electron chi connectivity index (χ3n) is 3.00. The molecule has 0 radical (unpaired) electrons. The molecule has 0 aliphatic heterocycles. The maximum atomic E-state index is 11.9. The van der Waals surface area contributed by atoms with E-state index in [4.69, 9.17) is 5.73 Å². The van der Waals surface area contributed by atoms with Crippen LogP contribution in [0.4, 0.5) is 0 Å². The van der Waals surface area contributed by atoms with Gasteiger partial charge in [0.15, 0.2) is 0 Å². The SMILES string of the molecule is Cc1nc(CN(C)C(=O)CCC(C)CCN)cs1. The Balaban J connectivity index is 2.33. The van der Waals surface area contributed by atoms with Crippen LogP contribution in [0.2, 0.25) is 0 Å². The van der Waals surface area contributed by atoms with E-state index in [1.165, 1.54) is 0 Å². The van der Waals surface area contributed by atoms with Gasteiger partial charge in [0.2, 0.25) is 5.91 Å². The standard InChI is InChI=1S/C13H23N3OS/c1-10(6-7-14)4-5-13(17)16(3)8-12-9-18-11(2)15-12/h9-10H,4-8,14H2,1-3H3. The van der Waals surface area contributed by atoms with Gasteiger partial charge in [-0.05, 0) is 32.2 Å². The maximum Gasteiger partial charge on any atom is 0.222 e. The van der Waals surface area contributed by atoms with Crippen molar-refractivity contribution in [3.8, 4) is 0 Å². The minimum absolute atomic E-state index is 0.185. The summed E-state index contributed by atoms with van der Waals surface area (Å²) >= 11 is 1.62. The van der Waals surface area contributed by atoms with E-state index in [2.05, 4.69) is 11.9 Å². The first-order chi connectivity index (χ1) is 8.52. The Hall–Kier alpha value is -0.940. The number of hydrogen-bond acceptors (Lipinski definition) is 4. The summed E-state index contributed by atoms with van der Waals surface area (Å²) in [5, 5.41) is 3.05. The van der Waals surface area contributed by atoms with Crippen LogP contribution in [0.25, 0.3) is 0 Å². The highest BCUT2D eigenvalue weighted by Crippen LogP contribution is 2.13. The molecule has 0 saturated carbocycles. The van der Waals surface area contributed by atoms with E-state index in [-0.39, 0.29) is 5.91 Å². The van der Waals surface area contributed by atoms with E-state index < -0.39 is 0 Å². The Morgan fingerprint density at radius 3 is 2.83 bits per heavy atom. The van der Waals surface area contributed by atoms with Gasteiger partial charge in [-0.1, -0.05) is 6.92 Å². The maximum absolute atomic E-state index is 11.9. The van der Waals surface area contributed by atoms with Crippen LogP contribution in [0.15, 0.2) is 5.38 Å². The molecule has 0 bridgehead atoms. The molecule has 0 aliphatic carbocycles. The van der Waals surface area contributed by atoms with Crippen LogP contribution in [0.1, 0.15) is 36.9 Å². The highest BCUT2D eigenvalue weighted by Gasteiger charge is 2.12. The van der Waals surface area contributed by atoms with Crippen molar-refractivity contribution in [3.63, 3.8) is 0 Å². The van der Waals surface area contributed by atoms with E-state index in [1.807, 2.05) is 19.4 Å². The quantitative estimate of drug-likeness (QED) is 0.825. The van der Waals surface area contributed by atoms with Gasteiger partial charge < -0.3 is 10.6 Å². The van der Waals surface area contributed by atoms with Gasteiger partial charge in [0.25, 0.3) is 0 Å². The van der Waals surface area contributed by atoms with Crippen molar-refractivity contribution in [1.29, 1.82) is 0 Å². The largest absolute Gasteiger partial charge is 0.340 e. The van der Waals surface area contributed by atoms with Crippen LogP contribution >= 0.6 is 11.3 Å². The van der Waals surface area contributed by atoms with Crippen molar-refractivity contribution >= 4 is 17.2 Å². The Labute approximate surface area is 113 Å². The molecule has 0 fully saturated rings. The number of rotatable bonds is 7. The first-order valence-corrected chi connectivity index (χ1v) is 7.26. The minimum Gasteiger partial charge on any atom is -0.340 e. The molecule has 0 saturated heterocycles. The van der Waals surface area contributed by atoms with E-state index in [1.54, 1.807) is 16.2 Å². The monoisotopic (exact) mass is 269 g/mol. The number of amides is 1. The molecule has 0 spiro atoms. The number of thiazole rings is 1. The fourth-order valence-electron chi connectivity index (χ4n) is 1.80. The number of nitrogens with zero attached hydrogens (tertiary/aromatic N) is 2. The van der Waals surface area contributed by atoms with Crippen LogP contribution in [-0.2, 0) is 11.3 Å². The third-order valence-corrected chi connectivity index (χ3v) is 3.82. The number of aryl methyl sites for hydroxylation is 1. The van der Waals surface area contributed by atoms with Gasteiger partial charge in [-0.25, -0.2) is 4.98 Å². The highest BCUT2D eigenvalue weighted by atomic mass is 32.1. The lowest BCUT2D eigenvalue weighted by atomic mass is 10.0. The Kier molecular flexibility index (Phi) is 6.29. The Morgan fingerprint density at radius 1 is 1.56 bits per heavy atom. The predicted octanol–water partition coefficient (Wildman–Crippen LogP) is 2.18. The van der Waals surface area contributed by atoms with Crippen LogP contribution in [0, 0.1) is 12.8 Å². The van der Waals surface area contributed by atoms with Crippen molar-refractivity contribution in [2.75, 3.05) is 13.6 Å². The third kappa shape index (κ3) is 5.14. The lowest BCUT2D eigenvalue weighted by molar-refractivity contribution is -0.130. The molecular weight excluding hydrogens is 246 g/mol. The number of aromatic nitrogens is 1. The van der Waals surface area contributed by atoms with Crippen molar-refractivity contribution in [2.24, 2.45) is 11.7 Å². The lowest BCUT2D eigenvalue weighted by Gasteiger charge is -2.17. The summed E-state index contributed by atoms with van der Waals surface area (Å²) in [7, 11) is 1.84. The van der Waals surface area contributed by atoms with E-state index in [0.29, 0.717) is 25.4 Å². The van der Waals surface area contributed by atoms with Crippen LogP contribution in [0.5, 0.6) is 0 Å². The first-order valence-electron chi connectivity index (χ1n) is 6.38. The molecule has 4 nitrogen and oxygen atoms in total. The summed E-state index contributed by atoms with van der Waals surface area (Å²) in [6.07, 6.45) is 2.50. The number of nitrogens with two attached hydrogens (primary N) is 1. The van der Waals surface area contributed by atoms with Gasteiger partial charge in [0.1, 0.15) is 0 Å². The van der Waals surface area contributed by atoms with Gasteiger partial charge >= 0.3 is 0 Å². The second kappa shape index (κ2) is 7.48. The van der Waals surface area contributed by atoms with E-state index in [9.17, 15) is 4.79 Å². The minimum atomic E-state index is 0.185. The summed E-state index contributed by atoms with van der Waals surface area (Å²) in [5.41, 5.74) is 6.47. The average Bonchev–Trinajstić information content (AvgIpc) is 2.72. The summed E-state index contributed by atoms with van der Waals surface area (Å²) in [4.78, 5) is 18.1. The van der Waals surface area contributed by atoms with Crippen LogP contribution in [0.3, 0.4) is 0 Å². The Bertz CT molecular complexity index is 378. The molecule has 102 valence electrons. The molecule has 1 atom stereocenters. The fourth-order valence-corrected chi connectivity index (χ4v) is 2.41. The summed E-state index contributed by atoms with van der Waals surface area (Å²) in [6, 6.07) is 0. The zero-order valence-corrected chi connectivity index (χ0v) is 12.3. The number of carbonyl (C=O) groups excluding carboxylic acids is 1. The molecule has 1 amide bonds. The molecule has 2 N–H and O–H groups in total. The number of carbonyl (C=O) groups is 1. The summed E-state index contributed by atoms with van der Waals surface area (Å²) in [5.74, 6) is 0.707. The molecule has 1 unspecified atom stereocenters. The molecule has 0 aromatic carbocycles. The van der Waals surface area contributed by atoms with Crippen molar-refractivity contribution in [2.45, 2.75) is 39.7 Å². The van der Waals surface area contributed by atoms with Gasteiger partial charge in [0.05, 0.1) is 17.2 Å². The second-order valence-electron chi connectivity index (χ2n) is 4.83. The highest BCUT2D eigenvalue weighted by molar-refractivity contribution is 7.09. The molecule has 5 heteroatoms. The molecule has 18 heavy (non-hydrogen) atoms. The normalized spacial score (nSPS) is 12.4. The van der Waals surface area contributed by atoms with Crippen LogP contribution in [-0.4, -0.2) is 29.4 Å². The zero-order chi connectivity index (χ0) is 13.5. The summed E-state index contributed by atoms with van der Waals surface area (Å²) in [6.45, 7) is 5.42. The smallest absolute Gasteiger partial charge is 0.222 e. The molecule has 1 aromatic rings. The fraction of sp³-hybridized carbons (Fsp3) is 0.692. The van der Waals surface area contributed by atoms with Gasteiger partial charge in [-0.15, -0.1) is 11.3 Å². The molecule has 1 aromatic heterocycles. The zero-order valence-electron chi connectivity index (χ0n) is 11.5. The topological polar surface area (TPSA) is 59.2 Å². The predicted molar refractivity (Wildman–Crippen MR) is 75.4 cm³/mol. The molecule has 0 aliphatic rings. The van der Waals surface area contributed by atoms with Gasteiger partial charge in [0, 0.05) is 18.8 Å². The number of hydrogen-bond donors (Lipinski definition) is 1. The first kappa shape index (κ1) is 15.1. The van der Waals surface area contributed by atoms with Gasteiger partial charge in [-0.2, -0.15) is 0 Å². The van der Waals surface area contributed by atoms with Crippen molar-refractivity contribution in [1.82, 2.24) is 9.88 Å². The average molecular weight is 269 g/mol. The van der Waals surface area contributed by atoms with Crippen molar-refractivity contribution < 1.29 is 4.79 Å². The summed E-state index contributed by atoms with van der Waals surface area (Å²) < 4.78 is 0. The second-order valence-corrected chi connectivity index (χ2v) is 5.89. The van der Waals surface area contributed by atoms with E-state index >= 15 is 0 Å². The molecule has 1 rings (SSSR count). The Morgan fingerprint density at radius 2 is 2.28 bits per heavy atom. The van der Waals surface area contributed by atoms with Crippen molar-refractivity contribution in [3.05, 3.63) is 16.1 Å². The van der Waals surface area contributed by atoms with Gasteiger partial charge in [-0.3, -0.25) is 4.79 Å². The van der Waals surface area contributed by atoms with E-state index in [0.717, 1.165) is 23.5 Å². The molecule has 1 heterocycles. The van der Waals surface area contributed by atoms with Crippen LogP contribution < -0.4 is 5.73 Å².